The van der Waals surface area contributed by atoms with Gasteiger partial charge in [0.15, 0.2) is 0 Å². The van der Waals surface area contributed by atoms with Gasteiger partial charge in [-0.1, -0.05) is 0 Å². The molecule has 0 fully saturated rings. The van der Waals surface area contributed by atoms with E-state index in [0.29, 0.717) is 6.17 Å². The van der Waals surface area contributed by atoms with E-state index in [1.165, 1.54) is 0 Å². The van der Waals surface area contributed by atoms with Gasteiger partial charge in [-0.05, 0) is 14.1 Å². The average Bonchev–Trinajstić information content (AvgIpc) is 2.00. The molecule has 0 aromatic heterocycles. The van der Waals surface area contributed by atoms with Crippen LogP contribution in [0.15, 0.2) is 0 Å². The lowest BCUT2D eigenvalue weighted by Gasteiger charge is -2.26. The van der Waals surface area contributed by atoms with E-state index in [1.807, 2.05) is 19.0 Å². The maximum Gasteiger partial charge on any atom is 0.514 e. The third-order valence-corrected chi connectivity index (χ3v) is 4.33. The Bertz CT molecular complexity index is 97.7. The van der Waals surface area contributed by atoms with Gasteiger partial charge in [-0.25, -0.2) is 0 Å². The van der Waals surface area contributed by atoms with Crippen molar-refractivity contribution in [1.29, 1.82) is 0 Å². The largest absolute Gasteiger partial charge is 0.514 e. The molecule has 68 valence electrons. The first-order valence-corrected chi connectivity index (χ1v) is 5.33. The van der Waals surface area contributed by atoms with Crippen molar-refractivity contribution in [3.05, 3.63) is 0 Å². The predicted molar refractivity (Wildman–Crippen MR) is 45.3 cm³/mol. The summed E-state index contributed by atoms with van der Waals surface area (Å²) in [7, 11) is 6.40. The lowest BCUT2D eigenvalue weighted by molar-refractivity contribution is 0.111. The van der Waals surface area contributed by atoms with Crippen molar-refractivity contribution < 1.29 is 13.3 Å². The van der Waals surface area contributed by atoms with Crippen molar-refractivity contribution in [2.75, 3.05) is 41.6 Å². The van der Waals surface area contributed by atoms with E-state index in [9.17, 15) is 0 Å². The molecule has 0 bridgehead atoms. The molecule has 0 N–H and O–H groups in total. The lowest BCUT2D eigenvalue weighted by atomic mass is 11.0. The SMILES string of the molecule is CO[Si](CN(C)C)(OC)OC. The van der Waals surface area contributed by atoms with Gasteiger partial charge in [-0.3, -0.25) is 0 Å². The first kappa shape index (κ1) is 11.1. The fraction of sp³-hybridized carbons (Fsp3) is 1.00. The Morgan fingerprint density at radius 2 is 1.36 bits per heavy atom. The molecule has 0 heterocycles. The van der Waals surface area contributed by atoms with Gasteiger partial charge in [0, 0.05) is 21.3 Å². The number of rotatable bonds is 5. The van der Waals surface area contributed by atoms with E-state index in [2.05, 4.69) is 0 Å². The summed E-state index contributed by atoms with van der Waals surface area (Å²) in [5.41, 5.74) is 0. The molecule has 0 atom stereocenters. The number of hydrogen-bond acceptors (Lipinski definition) is 4. The van der Waals surface area contributed by atoms with Crippen LogP contribution in [-0.2, 0) is 13.3 Å². The molecule has 0 rings (SSSR count). The van der Waals surface area contributed by atoms with Gasteiger partial charge in [0.05, 0.1) is 6.17 Å². The molecule has 0 aromatic rings. The molecule has 0 spiro atoms. The average molecular weight is 179 g/mol. The maximum absolute atomic E-state index is 5.20. The summed E-state index contributed by atoms with van der Waals surface area (Å²) in [6.45, 7) is 0. The molecule has 0 aromatic carbocycles. The van der Waals surface area contributed by atoms with Crippen LogP contribution in [-0.4, -0.2) is 55.3 Å². The molecule has 0 aliphatic heterocycles. The highest BCUT2D eigenvalue weighted by Crippen LogP contribution is 2.05. The Morgan fingerprint density at radius 1 is 1.00 bits per heavy atom. The Hall–Kier alpha value is 0.0569. The minimum Gasteiger partial charge on any atom is -0.376 e. The zero-order valence-corrected chi connectivity index (χ0v) is 8.88. The summed E-state index contributed by atoms with van der Waals surface area (Å²) in [4.78, 5) is 1.99. The minimum atomic E-state index is -2.35. The first-order valence-electron chi connectivity index (χ1n) is 3.40. The summed E-state index contributed by atoms with van der Waals surface area (Å²) in [6, 6.07) is 0. The molecule has 0 aliphatic rings. The Kier molecular flexibility index (Phi) is 4.86. The molecule has 0 unspecified atom stereocenters. The molecule has 0 aliphatic carbocycles. The van der Waals surface area contributed by atoms with Crippen LogP contribution in [0.25, 0.3) is 0 Å². The van der Waals surface area contributed by atoms with Crippen LogP contribution in [0.4, 0.5) is 0 Å². The molecule has 5 heteroatoms. The molecule has 11 heavy (non-hydrogen) atoms. The van der Waals surface area contributed by atoms with Gasteiger partial charge in [-0.15, -0.1) is 0 Å². The van der Waals surface area contributed by atoms with Crippen LogP contribution in [0.2, 0.25) is 0 Å². The van der Waals surface area contributed by atoms with E-state index in [-0.39, 0.29) is 0 Å². The highest BCUT2D eigenvalue weighted by atomic mass is 28.4. The third kappa shape index (κ3) is 3.30. The van der Waals surface area contributed by atoms with Crippen molar-refractivity contribution in [1.82, 2.24) is 4.90 Å². The van der Waals surface area contributed by atoms with Crippen LogP contribution in [0.3, 0.4) is 0 Å². The molecule has 0 amide bonds. The van der Waals surface area contributed by atoms with Gasteiger partial charge >= 0.3 is 8.80 Å². The van der Waals surface area contributed by atoms with Crippen LogP contribution in [0, 0.1) is 0 Å². The highest BCUT2D eigenvalue weighted by molar-refractivity contribution is 6.60. The zero-order valence-electron chi connectivity index (χ0n) is 7.88. The topological polar surface area (TPSA) is 30.9 Å². The van der Waals surface area contributed by atoms with E-state index in [4.69, 9.17) is 13.3 Å². The van der Waals surface area contributed by atoms with E-state index >= 15 is 0 Å². The first-order chi connectivity index (χ1) is 5.10. The van der Waals surface area contributed by atoms with Crippen LogP contribution >= 0.6 is 0 Å². The van der Waals surface area contributed by atoms with E-state index in [0.717, 1.165) is 0 Å². The lowest BCUT2D eigenvalue weighted by Crippen LogP contribution is -2.51. The minimum absolute atomic E-state index is 0.705. The predicted octanol–water partition coefficient (Wildman–Crippen LogP) is -0.0347. The van der Waals surface area contributed by atoms with Crippen molar-refractivity contribution >= 4 is 8.80 Å². The van der Waals surface area contributed by atoms with Gasteiger partial charge in [0.25, 0.3) is 0 Å². The number of nitrogens with zero attached hydrogens (tertiary/aromatic N) is 1. The van der Waals surface area contributed by atoms with Gasteiger partial charge in [0.2, 0.25) is 0 Å². The molecule has 4 nitrogen and oxygen atoms in total. The molecular weight excluding hydrogens is 162 g/mol. The smallest absolute Gasteiger partial charge is 0.376 e. The molecular formula is C6H17NO3Si. The van der Waals surface area contributed by atoms with E-state index in [1.54, 1.807) is 21.3 Å². The van der Waals surface area contributed by atoms with Gasteiger partial charge in [0.1, 0.15) is 0 Å². The molecule has 0 saturated carbocycles. The highest BCUT2D eigenvalue weighted by Gasteiger charge is 2.38. The Labute approximate surface area is 69.4 Å². The summed E-state index contributed by atoms with van der Waals surface area (Å²) in [5.74, 6) is 0. The van der Waals surface area contributed by atoms with Crippen molar-refractivity contribution in [2.45, 2.75) is 0 Å². The molecule has 0 saturated heterocycles. The normalized spacial score (nSPS) is 12.5. The second kappa shape index (κ2) is 4.84. The van der Waals surface area contributed by atoms with Crippen LogP contribution in [0.1, 0.15) is 0 Å². The fourth-order valence-electron chi connectivity index (χ4n) is 0.831. The number of hydrogen-bond donors (Lipinski definition) is 0. The van der Waals surface area contributed by atoms with Gasteiger partial charge < -0.3 is 18.2 Å². The summed E-state index contributed by atoms with van der Waals surface area (Å²) < 4.78 is 15.6. The maximum atomic E-state index is 5.20. The van der Waals surface area contributed by atoms with Crippen LogP contribution < -0.4 is 0 Å². The van der Waals surface area contributed by atoms with Crippen molar-refractivity contribution in [2.24, 2.45) is 0 Å². The van der Waals surface area contributed by atoms with E-state index < -0.39 is 8.80 Å². The quantitative estimate of drug-likeness (QED) is 0.554. The second-order valence-electron chi connectivity index (χ2n) is 2.53. The van der Waals surface area contributed by atoms with Crippen molar-refractivity contribution in [3.8, 4) is 0 Å². The summed E-state index contributed by atoms with van der Waals surface area (Å²) >= 11 is 0. The third-order valence-electron chi connectivity index (χ3n) is 1.44. The Balaban J connectivity index is 4.05. The van der Waals surface area contributed by atoms with Gasteiger partial charge in [-0.2, -0.15) is 0 Å². The molecule has 0 radical (unpaired) electrons. The van der Waals surface area contributed by atoms with Crippen molar-refractivity contribution in [3.63, 3.8) is 0 Å². The summed E-state index contributed by atoms with van der Waals surface area (Å²) in [5, 5.41) is 0. The van der Waals surface area contributed by atoms with Crippen LogP contribution in [0.5, 0.6) is 0 Å². The second-order valence-corrected chi connectivity index (χ2v) is 5.44. The zero-order chi connectivity index (χ0) is 8.91. The fourth-order valence-corrected chi connectivity index (χ4v) is 2.49. The summed E-state index contributed by atoms with van der Waals surface area (Å²) in [6.07, 6.45) is 0.705. The monoisotopic (exact) mass is 179 g/mol. The Morgan fingerprint density at radius 3 is 1.45 bits per heavy atom. The standard InChI is InChI=1S/C6H17NO3Si/c1-7(2)6-11(8-3,9-4)10-5/h6H2,1-5H3.